The van der Waals surface area contributed by atoms with E-state index in [0.717, 1.165) is 10.1 Å². The van der Waals surface area contributed by atoms with Crippen LogP contribution < -0.4 is 5.32 Å². The Bertz CT molecular complexity index is 801. The van der Waals surface area contributed by atoms with Gasteiger partial charge in [-0.25, -0.2) is 0 Å². The van der Waals surface area contributed by atoms with Gasteiger partial charge in [0.25, 0.3) is 5.91 Å². The third-order valence-corrected chi connectivity index (χ3v) is 3.48. The first-order chi connectivity index (χ1) is 10.1. The Hall–Kier alpha value is -2.28. The van der Waals surface area contributed by atoms with Gasteiger partial charge in [-0.2, -0.15) is 0 Å². The Morgan fingerprint density at radius 2 is 2.19 bits per heavy atom. The normalized spacial score (nSPS) is 12.3. The quantitative estimate of drug-likeness (QED) is 0.790. The van der Waals surface area contributed by atoms with Gasteiger partial charge in [-0.1, -0.05) is 6.07 Å². The smallest absolute Gasteiger partial charge is 0.253 e. The van der Waals surface area contributed by atoms with Crippen molar-refractivity contribution in [3.05, 3.63) is 58.7 Å². The van der Waals surface area contributed by atoms with Crippen LogP contribution in [-0.2, 0) is 0 Å². The van der Waals surface area contributed by atoms with Gasteiger partial charge in [0.2, 0.25) is 0 Å². The minimum absolute atomic E-state index is 0.205. The number of aromatic nitrogens is 4. The van der Waals surface area contributed by atoms with E-state index in [2.05, 4.69) is 36.4 Å². The molecular weight excluding hydrogens is 334 g/mol. The standard InChI is InChI=1S/C14H12BrN5O/c1-9(13-19-18-12-4-2-3-5-20(12)13)17-14(21)10-6-11(15)8-16-7-10/h2-9H,1H3,(H,17,21)/t9-/m0/s1. The molecule has 3 heterocycles. The topological polar surface area (TPSA) is 72.2 Å². The molecule has 0 spiro atoms. The van der Waals surface area contributed by atoms with Gasteiger partial charge < -0.3 is 5.32 Å². The summed E-state index contributed by atoms with van der Waals surface area (Å²) in [5.41, 5.74) is 1.24. The molecule has 3 aromatic heterocycles. The van der Waals surface area contributed by atoms with Gasteiger partial charge in [-0.3, -0.25) is 14.2 Å². The van der Waals surface area contributed by atoms with Crippen molar-refractivity contribution in [1.29, 1.82) is 0 Å². The Kier molecular flexibility index (Phi) is 3.66. The van der Waals surface area contributed by atoms with E-state index in [1.165, 1.54) is 6.20 Å². The third kappa shape index (κ3) is 2.78. The second-order valence-electron chi connectivity index (χ2n) is 4.57. The summed E-state index contributed by atoms with van der Waals surface area (Å²) in [6.45, 7) is 1.87. The molecule has 0 fully saturated rings. The van der Waals surface area contributed by atoms with Crippen LogP contribution in [0, 0.1) is 0 Å². The van der Waals surface area contributed by atoms with E-state index in [1.807, 2.05) is 35.7 Å². The van der Waals surface area contributed by atoms with Crippen molar-refractivity contribution in [2.24, 2.45) is 0 Å². The average Bonchev–Trinajstić information content (AvgIpc) is 2.91. The number of nitrogens with zero attached hydrogens (tertiary/aromatic N) is 4. The first-order valence-electron chi connectivity index (χ1n) is 6.36. The van der Waals surface area contributed by atoms with Crippen LogP contribution in [-0.4, -0.2) is 25.5 Å². The minimum atomic E-state index is -0.270. The van der Waals surface area contributed by atoms with Crippen LogP contribution in [0.15, 0.2) is 47.3 Å². The van der Waals surface area contributed by atoms with Crippen LogP contribution in [0.5, 0.6) is 0 Å². The Morgan fingerprint density at radius 1 is 1.33 bits per heavy atom. The molecule has 0 aliphatic carbocycles. The first-order valence-corrected chi connectivity index (χ1v) is 7.15. The van der Waals surface area contributed by atoms with Crippen LogP contribution >= 0.6 is 15.9 Å². The van der Waals surface area contributed by atoms with Crippen LogP contribution in [0.4, 0.5) is 0 Å². The number of carbonyl (C=O) groups excluding carboxylic acids is 1. The molecule has 0 bridgehead atoms. The fourth-order valence-corrected chi connectivity index (χ4v) is 2.40. The maximum absolute atomic E-state index is 12.2. The monoisotopic (exact) mass is 345 g/mol. The molecule has 0 aromatic carbocycles. The molecule has 0 aliphatic heterocycles. The van der Waals surface area contributed by atoms with Crippen molar-refractivity contribution in [3.8, 4) is 0 Å². The second kappa shape index (κ2) is 5.61. The molecular formula is C14H12BrN5O. The maximum atomic E-state index is 12.2. The first kappa shape index (κ1) is 13.7. The van der Waals surface area contributed by atoms with Crippen molar-refractivity contribution in [2.45, 2.75) is 13.0 Å². The molecule has 0 saturated heterocycles. The van der Waals surface area contributed by atoms with E-state index in [4.69, 9.17) is 0 Å². The summed E-state index contributed by atoms with van der Waals surface area (Å²) in [6.07, 6.45) is 5.02. The van der Waals surface area contributed by atoms with Gasteiger partial charge in [0.1, 0.15) is 0 Å². The van der Waals surface area contributed by atoms with Gasteiger partial charge in [0, 0.05) is 23.1 Å². The fourth-order valence-electron chi connectivity index (χ4n) is 2.04. The summed E-state index contributed by atoms with van der Waals surface area (Å²) in [5, 5.41) is 11.1. The number of nitrogens with one attached hydrogen (secondary N) is 1. The van der Waals surface area contributed by atoms with Crippen molar-refractivity contribution < 1.29 is 4.79 Å². The summed E-state index contributed by atoms with van der Waals surface area (Å²) in [5.74, 6) is 0.478. The molecule has 0 saturated carbocycles. The molecule has 0 unspecified atom stereocenters. The van der Waals surface area contributed by atoms with Crippen molar-refractivity contribution in [3.63, 3.8) is 0 Å². The second-order valence-corrected chi connectivity index (χ2v) is 5.49. The van der Waals surface area contributed by atoms with Crippen molar-refractivity contribution in [1.82, 2.24) is 24.9 Å². The van der Waals surface area contributed by atoms with E-state index in [9.17, 15) is 4.79 Å². The molecule has 1 N–H and O–H groups in total. The zero-order chi connectivity index (χ0) is 14.8. The van der Waals surface area contributed by atoms with Gasteiger partial charge in [0.05, 0.1) is 11.6 Å². The molecule has 0 aliphatic rings. The molecule has 3 aromatic rings. The molecule has 3 rings (SSSR count). The highest BCUT2D eigenvalue weighted by molar-refractivity contribution is 9.10. The molecule has 1 amide bonds. The Morgan fingerprint density at radius 3 is 3.00 bits per heavy atom. The lowest BCUT2D eigenvalue weighted by atomic mass is 10.2. The van der Waals surface area contributed by atoms with Crippen LogP contribution in [0.2, 0.25) is 0 Å². The third-order valence-electron chi connectivity index (χ3n) is 3.04. The minimum Gasteiger partial charge on any atom is -0.342 e. The summed E-state index contributed by atoms with van der Waals surface area (Å²) in [7, 11) is 0. The van der Waals surface area contributed by atoms with Crippen molar-refractivity contribution >= 4 is 27.5 Å². The number of pyridine rings is 2. The lowest BCUT2D eigenvalue weighted by molar-refractivity contribution is 0.0937. The van der Waals surface area contributed by atoms with Crippen LogP contribution in [0.25, 0.3) is 5.65 Å². The Balaban J connectivity index is 1.83. The summed E-state index contributed by atoms with van der Waals surface area (Å²) in [6, 6.07) is 7.10. The Labute approximate surface area is 129 Å². The number of fused-ring (bicyclic) bond motifs is 1. The van der Waals surface area contributed by atoms with Crippen LogP contribution in [0.3, 0.4) is 0 Å². The van der Waals surface area contributed by atoms with E-state index in [0.29, 0.717) is 11.4 Å². The predicted molar refractivity (Wildman–Crippen MR) is 80.8 cm³/mol. The molecule has 7 heteroatoms. The molecule has 0 radical (unpaired) electrons. The van der Waals surface area contributed by atoms with E-state index >= 15 is 0 Å². The highest BCUT2D eigenvalue weighted by Gasteiger charge is 2.16. The number of halogens is 1. The summed E-state index contributed by atoms with van der Waals surface area (Å²) in [4.78, 5) is 16.2. The van der Waals surface area contributed by atoms with Crippen molar-refractivity contribution in [2.75, 3.05) is 0 Å². The number of hydrogen-bond donors (Lipinski definition) is 1. The van der Waals surface area contributed by atoms with Crippen LogP contribution in [0.1, 0.15) is 29.1 Å². The van der Waals surface area contributed by atoms with E-state index in [-0.39, 0.29) is 11.9 Å². The lowest BCUT2D eigenvalue weighted by Gasteiger charge is -2.12. The number of carbonyl (C=O) groups is 1. The largest absolute Gasteiger partial charge is 0.342 e. The fraction of sp³-hybridized carbons (Fsp3) is 0.143. The van der Waals surface area contributed by atoms with Gasteiger partial charge in [-0.15, -0.1) is 10.2 Å². The molecule has 1 atom stereocenters. The zero-order valence-electron chi connectivity index (χ0n) is 11.2. The lowest BCUT2D eigenvalue weighted by Crippen LogP contribution is -2.28. The SMILES string of the molecule is C[C@H](NC(=O)c1cncc(Br)c1)c1nnc2ccccn12. The zero-order valence-corrected chi connectivity index (χ0v) is 12.8. The van der Waals surface area contributed by atoms with Gasteiger partial charge >= 0.3 is 0 Å². The number of rotatable bonds is 3. The highest BCUT2D eigenvalue weighted by Crippen LogP contribution is 2.14. The van der Waals surface area contributed by atoms with E-state index < -0.39 is 0 Å². The molecule has 21 heavy (non-hydrogen) atoms. The number of hydrogen-bond acceptors (Lipinski definition) is 4. The maximum Gasteiger partial charge on any atom is 0.253 e. The summed E-state index contributed by atoms with van der Waals surface area (Å²) >= 11 is 3.30. The molecule has 106 valence electrons. The molecule has 6 nitrogen and oxygen atoms in total. The van der Waals surface area contributed by atoms with Gasteiger partial charge in [0.15, 0.2) is 11.5 Å². The van der Waals surface area contributed by atoms with E-state index in [1.54, 1.807) is 12.3 Å². The van der Waals surface area contributed by atoms with Gasteiger partial charge in [-0.05, 0) is 41.1 Å². The number of amides is 1. The highest BCUT2D eigenvalue weighted by atomic mass is 79.9. The average molecular weight is 346 g/mol. The predicted octanol–water partition coefficient (Wildman–Crippen LogP) is 2.38. The summed E-state index contributed by atoms with van der Waals surface area (Å²) < 4.78 is 2.61.